The van der Waals surface area contributed by atoms with Crippen LogP contribution in [0.4, 0.5) is 5.69 Å². The van der Waals surface area contributed by atoms with Crippen molar-refractivity contribution in [2.45, 2.75) is 6.42 Å². The van der Waals surface area contributed by atoms with Crippen molar-refractivity contribution in [1.82, 2.24) is 10.0 Å². The number of carbonyl (C=O) groups excluding carboxylic acids is 4. The molecule has 3 aliphatic rings. The molecule has 1 saturated carbocycles. The van der Waals surface area contributed by atoms with Crippen LogP contribution in [0.1, 0.15) is 27.1 Å². The van der Waals surface area contributed by atoms with Gasteiger partial charge in [-0.25, -0.2) is 5.01 Å². The van der Waals surface area contributed by atoms with E-state index >= 15 is 0 Å². The number of rotatable bonds is 6. The van der Waals surface area contributed by atoms with E-state index in [-0.39, 0.29) is 23.0 Å². The number of carbonyl (C=O) groups is 4. The van der Waals surface area contributed by atoms with Gasteiger partial charge in [-0.05, 0) is 36.5 Å². The summed E-state index contributed by atoms with van der Waals surface area (Å²) in [5, 5.41) is 13.1. The first-order chi connectivity index (χ1) is 16.3. The average molecular weight is 524 g/mol. The predicted octanol–water partition coefficient (Wildman–Crippen LogP) is 3.40. The van der Waals surface area contributed by atoms with Crippen LogP contribution in [0.2, 0.25) is 0 Å². The van der Waals surface area contributed by atoms with Gasteiger partial charge >= 0.3 is 0 Å². The zero-order valence-corrected chi connectivity index (χ0v) is 19.3. The molecule has 2 aromatic rings. The molecule has 3 amide bonds. The molecule has 0 aromatic heterocycles. The van der Waals surface area contributed by atoms with Gasteiger partial charge in [-0.1, -0.05) is 52.3 Å². The Labute approximate surface area is 202 Å². The first kappa shape index (κ1) is 22.1. The van der Waals surface area contributed by atoms with E-state index in [1.165, 1.54) is 18.2 Å². The molecule has 34 heavy (non-hydrogen) atoms. The Morgan fingerprint density at radius 3 is 2.18 bits per heavy atom. The molecule has 172 valence electrons. The predicted molar refractivity (Wildman–Crippen MR) is 122 cm³/mol. The SMILES string of the molecule is O=C(CN(C(=O)c1ccccc1[N+](=O)[O-])N1C(=O)[C@H]2[C@H](C1=O)[C@H]1C=C[C@H]2C1)c1ccc(Br)cc1. The van der Waals surface area contributed by atoms with Crippen LogP contribution in [-0.4, -0.2) is 45.0 Å². The van der Waals surface area contributed by atoms with E-state index in [0.717, 1.165) is 20.6 Å². The summed E-state index contributed by atoms with van der Waals surface area (Å²) >= 11 is 3.29. The molecule has 2 bridgehead atoms. The number of hydrogen-bond acceptors (Lipinski definition) is 6. The molecule has 1 saturated heterocycles. The van der Waals surface area contributed by atoms with Gasteiger partial charge in [0, 0.05) is 16.1 Å². The summed E-state index contributed by atoms with van der Waals surface area (Å²) < 4.78 is 0.748. The normalized spacial score (nSPS) is 24.4. The van der Waals surface area contributed by atoms with Gasteiger partial charge in [-0.3, -0.25) is 29.3 Å². The van der Waals surface area contributed by atoms with Gasteiger partial charge in [0.15, 0.2) is 5.78 Å². The number of Topliss-reactive ketones (excluding diaryl/α,β-unsaturated/α-hetero) is 1. The summed E-state index contributed by atoms with van der Waals surface area (Å²) in [6.45, 7) is -0.619. The number of nitro groups is 1. The lowest BCUT2D eigenvalue weighted by Gasteiger charge is -2.30. The van der Waals surface area contributed by atoms with Crippen LogP contribution in [0, 0.1) is 33.8 Å². The number of hydrazine groups is 1. The number of hydrogen-bond donors (Lipinski definition) is 0. The Balaban J connectivity index is 1.54. The Morgan fingerprint density at radius 1 is 1.00 bits per heavy atom. The maximum Gasteiger partial charge on any atom is 0.282 e. The minimum absolute atomic E-state index is 0.0957. The van der Waals surface area contributed by atoms with Gasteiger partial charge in [-0.2, -0.15) is 5.01 Å². The summed E-state index contributed by atoms with van der Waals surface area (Å²) in [5.74, 6) is -3.95. The number of allylic oxidation sites excluding steroid dienone is 2. The van der Waals surface area contributed by atoms with Crippen molar-refractivity contribution in [1.29, 1.82) is 0 Å². The number of nitrogens with zero attached hydrogens (tertiary/aromatic N) is 3. The lowest BCUT2D eigenvalue weighted by Crippen LogP contribution is -2.52. The van der Waals surface area contributed by atoms with Crippen molar-refractivity contribution < 1.29 is 24.1 Å². The van der Waals surface area contributed by atoms with E-state index in [2.05, 4.69) is 15.9 Å². The highest BCUT2D eigenvalue weighted by Crippen LogP contribution is 2.52. The number of fused-ring (bicyclic) bond motifs is 5. The Morgan fingerprint density at radius 2 is 1.59 bits per heavy atom. The molecule has 10 heteroatoms. The maximum atomic E-state index is 13.6. The molecule has 1 aliphatic heterocycles. The fourth-order valence-electron chi connectivity index (χ4n) is 5.17. The third-order valence-corrected chi connectivity index (χ3v) is 7.24. The summed E-state index contributed by atoms with van der Waals surface area (Å²) in [6.07, 6.45) is 4.54. The highest BCUT2D eigenvalue weighted by atomic mass is 79.9. The summed E-state index contributed by atoms with van der Waals surface area (Å²) in [5.41, 5.74) is -0.519. The van der Waals surface area contributed by atoms with Crippen molar-refractivity contribution in [3.8, 4) is 0 Å². The molecule has 2 fully saturated rings. The summed E-state index contributed by atoms with van der Waals surface area (Å²) in [6, 6.07) is 11.7. The Hall–Kier alpha value is -3.66. The molecule has 0 N–H and O–H groups in total. The van der Waals surface area contributed by atoms with Crippen molar-refractivity contribution >= 4 is 45.1 Å². The van der Waals surface area contributed by atoms with Crippen molar-refractivity contribution in [3.05, 3.63) is 86.4 Å². The van der Waals surface area contributed by atoms with E-state index in [0.29, 0.717) is 6.42 Å². The van der Waals surface area contributed by atoms with Crippen LogP contribution in [0.3, 0.4) is 0 Å². The van der Waals surface area contributed by atoms with E-state index in [9.17, 15) is 29.3 Å². The minimum atomic E-state index is -0.959. The van der Waals surface area contributed by atoms with Gasteiger partial charge in [0.1, 0.15) is 12.1 Å². The molecule has 1 heterocycles. The van der Waals surface area contributed by atoms with Gasteiger partial charge in [0.05, 0.1) is 16.8 Å². The molecule has 2 aromatic carbocycles. The number of nitro benzene ring substituents is 1. The van der Waals surface area contributed by atoms with E-state index in [4.69, 9.17) is 0 Å². The summed E-state index contributed by atoms with van der Waals surface area (Å²) in [4.78, 5) is 64.2. The molecular weight excluding hydrogens is 506 g/mol. The number of halogens is 1. The van der Waals surface area contributed by atoms with E-state index in [1.807, 2.05) is 12.2 Å². The standard InChI is InChI=1S/C24H18BrN3O6/c25-16-9-7-13(8-10-16)19(29)12-26(22(30)17-3-1-2-4-18(17)28(33)34)27-23(31)20-14-5-6-15(11-14)21(20)24(27)32/h1-10,14-15,20-21H,11-12H2/t14-,15-,20+,21+/m0/s1. The lowest BCUT2D eigenvalue weighted by atomic mass is 9.85. The van der Waals surface area contributed by atoms with Crippen LogP contribution in [-0.2, 0) is 9.59 Å². The first-order valence-electron chi connectivity index (χ1n) is 10.7. The fourth-order valence-corrected chi connectivity index (χ4v) is 5.44. The van der Waals surface area contributed by atoms with Crippen molar-refractivity contribution in [3.63, 3.8) is 0 Å². The first-order valence-corrected chi connectivity index (χ1v) is 11.5. The summed E-state index contributed by atoms with van der Waals surface area (Å²) in [7, 11) is 0. The number of para-hydroxylation sites is 1. The smallest absolute Gasteiger partial charge is 0.282 e. The highest BCUT2D eigenvalue weighted by molar-refractivity contribution is 9.10. The van der Waals surface area contributed by atoms with Gasteiger partial charge < -0.3 is 0 Å². The van der Waals surface area contributed by atoms with Crippen molar-refractivity contribution in [2.75, 3.05) is 6.54 Å². The van der Waals surface area contributed by atoms with Crippen LogP contribution < -0.4 is 0 Å². The zero-order chi connectivity index (χ0) is 24.1. The van der Waals surface area contributed by atoms with E-state index < -0.39 is 52.5 Å². The molecular formula is C24H18BrN3O6. The van der Waals surface area contributed by atoms with Crippen LogP contribution >= 0.6 is 15.9 Å². The molecule has 2 aliphatic carbocycles. The molecule has 0 spiro atoms. The number of benzene rings is 2. The topological polar surface area (TPSA) is 118 Å². The molecule has 0 unspecified atom stereocenters. The van der Waals surface area contributed by atoms with Gasteiger partial charge in [0.2, 0.25) is 0 Å². The maximum absolute atomic E-state index is 13.6. The molecule has 5 rings (SSSR count). The van der Waals surface area contributed by atoms with Crippen LogP contribution in [0.5, 0.6) is 0 Å². The number of ketones is 1. The van der Waals surface area contributed by atoms with E-state index in [1.54, 1.807) is 24.3 Å². The fraction of sp³-hybridized carbons (Fsp3) is 0.250. The zero-order valence-electron chi connectivity index (χ0n) is 17.7. The second kappa shape index (κ2) is 8.28. The van der Waals surface area contributed by atoms with Crippen LogP contribution in [0.25, 0.3) is 0 Å². The minimum Gasteiger partial charge on any atom is -0.292 e. The second-order valence-corrected chi connectivity index (χ2v) is 9.47. The Kier molecular flexibility index (Phi) is 5.40. The second-order valence-electron chi connectivity index (χ2n) is 8.56. The van der Waals surface area contributed by atoms with Gasteiger partial charge in [-0.15, -0.1) is 0 Å². The van der Waals surface area contributed by atoms with Crippen LogP contribution in [0.15, 0.2) is 65.2 Å². The number of imide groups is 1. The third kappa shape index (κ3) is 3.45. The largest absolute Gasteiger partial charge is 0.292 e. The third-order valence-electron chi connectivity index (χ3n) is 6.71. The quantitative estimate of drug-likeness (QED) is 0.188. The highest BCUT2D eigenvalue weighted by Gasteiger charge is 2.61. The monoisotopic (exact) mass is 523 g/mol. The van der Waals surface area contributed by atoms with Gasteiger partial charge in [0.25, 0.3) is 23.4 Å². The lowest BCUT2D eigenvalue weighted by molar-refractivity contribution is -0.385. The average Bonchev–Trinajstić information content (AvgIpc) is 3.51. The molecule has 9 nitrogen and oxygen atoms in total. The Bertz CT molecular complexity index is 1240. The molecule has 4 atom stereocenters. The van der Waals surface area contributed by atoms with Crippen molar-refractivity contribution in [2.24, 2.45) is 23.7 Å². The molecule has 0 radical (unpaired) electrons. The number of amides is 3.